The van der Waals surface area contributed by atoms with E-state index in [9.17, 15) is 4.79 Å². The monoisotopic (exact) mass is 248 g/mol. The molecule has 1 aromatic carbocycles. The smallest absolute Gasteiger partial charge is 0.233 e. The number of hydrogen-bond acceptors (Lipinski definition) is 2. The minimum atomic E-state index is 0.0680. The lowest BCUT2D eigenvalue weighted by Crippen LogP contribution is -2.40. The average Bonchev–Trinajstić information content (AvgIpc) is 2.37. The first-order chi connectivity index (χ1) is 8.59. The van der Waals surface area contributed by atoms with E-state index in [-0.39, 0.29) is 5.91 Å². The van der Waals surface area contributed by atoms with Crippen LogP contribution in [-0.4, -0.2) is 25.0 Å². The van der Waals surface area contributed by atoms with Crippen LogP contribution in [0, 0.1) is 5.92 Å². The number of rotatable bonds is 7. The van der Waals surface area contributed by atoms with Crippen LogP contribution in [0.5, 0.6) is 0 Å². The molecule has 0 aromatic heterocycles. The van der Waals surface area contributed by atoms with E-state index < -0.39 is 0 Å². The normalized spacial score (nSPS) is 12.4. The second-order valence-corrected chi connectivity index (χ2v) is 5.00. The molecule has 0 aliphatic rings. The summed E-state index contributed by atoms with van der Waals surface area (Å²) in [5.41, 5.74) is 1.25. The van der Waals surface area contributed by atoms with Gasteiger partial charge in [0, 0.05) is 12.6 Å². The van der Waals surface area contributed by atoms with Crippen molar-refractivity contribution in [2.24, 2.45) is 5.92 Å². The summed E-state index contributed by atoms with van der Waals surface area (Å²) in [7, 11) is 0. The van der Waals surface area contributed by atoms with Crippen LogP contribution in [0.3, 0.4) is 0 Å². The Labute approximate surface area is 110 Å². The summed E-state index contributed by atoms with van der Waals surface area (Å²) >= 11 is 0. The van der Waals surface area contributed by atoms with Gasteiger partial charge in [-0.25, -0.2) is 0 Å². The molecule has 0 aliphatic carbocycles. The largest absolute Gasteiger partial charge is 0.355 e. The maximum absolute atomic E-state index is 11.6. The first-order valence-corrected chi connectivity index (χ1v) is 6.63. The van der Waals surface area contributed by atoms with E-state index in [1.807, 2.05) is 18.2 Å². The molecular formula is C15H24N2O. The lowest BCUT2D eigenvalue weighted by molar-refractivity contribution is -0.120. The molecule has 100 valence electrons. The van der Waals surface area contributed by atoms with Gasteiger partial charge in [0.2, 0.25) is 5.91 Å². The Balaban J connectivity index is 2.14. The fourth-order valence-electron chi connectivity index (χ4n) is 1.54. The van der Waals surface area contributed by atoms with E-state index in [1.165, 1.54) is 5.56 Å². The lowest BCUT2D eigenvalue weighted by Gasteiger charge is -2.17. The predicted octanol–water partition coefficient (Wildman–Crippen LogP) is 1.98. The second kappa shape index (κ2) is 7.88. The topological polar surface area (TPSA) is 41.1 Å². The number of carbonyl (C=O) groups excluding carboxylic acids is 1. The number of carbonyl (C=O) groups is 1. The van der Waals surface area contributed by atoms with E-state index in [4.69, 9.17) is 0 Å². The summed E-state index contributed by atoms with van der Waals surface area (Å²) in [6.45, 7) is 7.48. The van der Waals surface area contributed by atoms with Crippen LogP contribution in [0.2, 0.25) is 0 Å². The molecule has 18 heavy (non-hydrogen) atoms. The van der Waals surface area contributed by atoms with Crippen molar-refractivity contribution in [3.05, 3.63) is 35.9 Å². The van der Waals surface area contributed by atoms with Gasteiger partial charge in [-0.3, -0.25) is 4.79 Å². The number of amides is 1. The minimum Gasteiger partial charge on any atom is -0.355 e. The summed E-state index contributed by atoms with van der Waals surface area (Å²) in [5.74, 6) is 0.612. The van der Waals surface area contributed by atoms with Crippen molar-refractivity contribution in [3.8, 4) is 0 Å². The third-order valence-electron chi connectivity index (χ3n) is 3.16. The Morgan fingerprint density at radius 2 is 1.83 bits per heavy atom. The molecule has 0 radical (unpaired) electrons. The number of benzene rings is 1. The van der Waals surface area contributed by atoms with Crippen LogP contribution in [0.15, 0.2) is 30.3 Å². The van der Waals surface area contributed by atoms with Crippen molar-refractivity contribution in [1.82, 2.24) is 10.6 Å². The highest BCUT2D eigenvalue weighted by Crippen LogP contribution is 1.99. The second-order valence-electron chi connectivity index (χ2n) is 5.00. The molecule has 3 nitrogen and oxygen atoms in total. The van der Waals surface area contributed by atoms with E-state index in [2.05, 4.69) is 43.5 Å². The molecular weight excluding hydrogens is 224 g/mol. The molecule has 2 N–H and O–H groups in total. The Hall–Kier alpha value is -1.35. The van der Waals surface area contributed by atoms with Gasteiger partial charge >= 0.3 is 0 Å². The molecule has 0 heterocycles. The molecule has 3 heteroatoms. The Bertz CT molecular complexity index is 349. The molecule has 0 fully saturated rings. The van der Waals surface area contributed by atoms with Gasteiger partial charge in [-0.05, 0) is 24.8 Å². The first-order valence-electron chi connectivity index (χ1n) is 6.63. The molecule has 1 atom stereocenters. The van der Waals surface area contributed by atoms with Crippen molar-refractivity contribution in [2.75, 3.05) is 13.1 Å². The standard InChI is InChI=1S/C15H24N2O/c1-12(2)13(3)17-11-15(18)16-10-9-14-7-5-4-6-8-14/h4-8,12-13,17H,9-11H2,1-3H3,(H,16,18). The average molecular weight is 248 g/mol. The van der Waals surface area contributed by atoms with Crippen molar-refractivity contribution in [3.63, 3.8) is 0 Å². The highest BCUT2D eigenvalue weighted by Gasteiger charge is 2.08. The Morgan fingerprint density at radius 1 is 1.17 bits per heavy atom. The van der Waals surface area contributed by atoms with Gasteiger partial charge in [0.25, 0.3) is 0 Å². The molecule has 0 saturated carbocycles. The van der Waals surface area contributed by atoms with Gasteiger partial charge in [-0.1, -0.05) is 44.2 Å². The maximum Gasteiger partial charge on any atom is 0.233 e. The van der Waals surface area contributed by atoms with E-state index in [0.29, 0.717) is 25.0 Å². The van der Waals surface area contributed by atoms with Crippen molar-refractivity contribution >= 4 is 5.91 Å². The van der Waals surface area contributed by atoms with Gasteiger partial charge in [-0.2, -0.15) is 0 Å². The van der Waals surface area contributed by atoms with Gasteiger partial charge in [0.1, 0.15) is 0 Å². The molecule has 1 rings (SSSR count). The van der Waals surface area contributed by atoms with Crippen LogP contribution in [0.4, 0.5) is 0 Å². The molecule has 0 saturated heterocycles. The van der Waals surface area contributed by atoms with Crippen molar-refractivity contribution in [1.29, 1.82) is 0 Å². The summed E-state index contributed by atoms with van der Waals surface area (Å²) in [6, 6.07) is 10.5. The fourth-order valence-corrected chi connectivity index (χ4v) is 1.54. The van der Waals surface area contributed by atoms with Crippen LogP contribution in [0.1, 0.15) is 26.3 Å². The minimum absolute atomic E-state index is 0.0680. The number of hydrogen-bond donors (Lipinski definition) is 2. The van der Waals surface area contributed by atoms with Gasteiger partial charge in [-0.15, -0.1) is 0 Å². The summed E-state index contributed by atoms with van der Waals surface area (Å²) in [4.78, 5) is 11.6. The van der Waals surface area contributed by atoms with Crippen LogP contribution in [0.25, 0.3) is 0 Å². The molecule has 1 unspecified atom stereocenters. The quantitative estimate of drug-likeness (QED) is 0.774. The summed E-state index contributed by atoms with van der Waals surface area (Å²) in [6.07, 6.45) is 0.881. The third kappa shape index (κ3) is 5.82. The molecule has 1 aromatic rings. The Kier molecular flexibility index (Phi) is 6.44. The van der Waals surface area contributed by atoms with E-state index >= 15 is 0 Å². The summed E-state index contributed by atoms with van der Waals surface area (Å²) in [5, 5.41) is 6.14. The zero-order valence-electron chi connectivity index (χ0n) is 11.6. The van der Waals surface area contributed by atoms with E-state index in [0.717, 1.165) is 6.42 Å². The predicted molar refractivity (Wildman–Crippen MR) is 75.5 cm³/mol. The van der Waals surface area contributed by atoms with Crippen molar-refractivity contribution < 1.29 is 4.79 Å². The van der Waals surface area contributed by atoms with Gasteiger partial charge < -0.3 is 10.6 Å². The fraction of sp³-hybridized carbons (Fsp3) is 0.533. The van der Waals surface area contributed by atoms with Gasteiger partial charge in [0.15, 0.2) is 0 Å². The SMILES string of the molecule is CC(C)C(C)NCC(=O)NCCc1ccccc1. The molecule has 1 amide bonds. The van der Waals surface area contributed by atoms with Crippen molar-refractivity contribution in [2.45, 2.75) is 33.2 Å². The van der Waals surface area contributed by atoms with Crippen LogP contribution in [-0.2, 0) is 11.2 Å². The highest BCUT2D eigenvalue weighted by atomic mass is 16.1. The maximum atomic E-state index is 11.6. The zero-order valence-corrected chi connectivity index (χ0v) is 11.6. The van der Waals surface area contributed by atoms with Gasteiger partial charge in [0.05, 0.1) is 6.54 Å². The zero-order chi connectivity index (χ0) is 13.4. The van der Waals surface area contributed by atoms with E-state index in [1.54, 1.807) is 0 Å². The van der Waals surface area contributed by atoms with Crippen LogP contribution >= 0.6 is 0 Å². The first kappa shape index (κ1) is 14.7. The molecule has 0 aliphatic heterocycles. The Morgan fingerprint density at radius 3 is 2.44 bits per heavy atom. The lowest BCUT2D eigenvalue weighted by atomic mass is 10.1. The highest BCUT2D eigenvalue weighted by molar-refractivity contribution is 5.78. The molecule has 0 spiro atoms. The molecule has 0 bridgehead atoms. The van der Waals surface area contributed by atoms with Crippen LogP contribution < -0.4 is 10.6 Å². The third-order valence-corrected chi connectivity index (χ3v) is 3.16. The summed E-state index contributed by atoms with van der Waals surface area (Å²) < 4.78 is 0. The number of nitrogens with one attached hydrogen (secondary N) is 2.